The average molecular weight is 291 g/mol. The van der Waals surface area contributed by atoms with Gasteiger partial charge in [0, 0.05) is 19.3 Å². The quantitative estimate of drug-likeness (QED) is 0.838. The molecular formula is C17H29N3O. The Labute approximate surface area is 128 Å². The van der Waals surface area contributed by atoms with E-state index < -0.39 is 0 Å². The second-order valence-electron chi connectivity index (χ2n) is 6.04. The molecule has 1 aromatic rings. The number of rotatable bonds is 7. The number of aromatic nitrogens is 2. The van der Waals surface area contributed by atoms with Crippen molar-refractivity contribution in [2.45, 2.75) is 58.9 Å². The molecule has 0 saturated carbocycles. The van der Waals surface area contributed by atoms with Crippen molar-refractivity contribution in [2.75, 3.05) is 19.8 Å². The molecule has 1 aliphatic rings. The van der Waals surface area contributed by atoms with Crippen LogP contribution in [0.1, 0.15) is 62.5 Å². The summed E-state index contributed by atoms with van der Waals surface area (Å²) in [5, 5.41) is 12.4. The third-order valence-corrected chi connectivity index (χ3v) is 4.29. The van der Waals surface area contributed by atoms with Crippen molar-refractivity contribution in [3.8, 4) is 0 Å². The van der Waals surface area contributed by atoms with Gasteiger partial charge in [-0.15, -0.1) is 0 Å². The molecule has 1 atom stereocenters. The fourth-order valence-electron chi connectivity index (χ4n) is 3.06. The van der Waals surface area contributed by atoms with Crippen molar-refractivity contribution in [3.63, 3.8) is 0 Å². The molecule has 118 valence electrons. The SMILES string of the molecule is CCCNC(CC1CCOCC1)c1cc(C)nnc1CC. The summed E-state index contributed by atoms with van der Waals surface area (Å²) in [5.74, 6) is 0.756. The first-order chi connectivity index (χ1) is 10.2. The van der Waals surface area contributed by atoms with Crippen molar-refractivity contribution < 1.29 is 4.74 Å². The first-order valence-corrected chi connectivity index (χ1v) is 8.38. The van der Waals surface area contributed by atoms with E-state index in [-0.39, 0.29) is 0 Å². The summed E-state index contributed by atoms with van der Waals surface area (Å²) in [6.07, 6.45) is 5.65. The van der Waals surface area contributed by atoms with Crippen LogP contribution in [-0.2, 0) is 11.2 Å². The Morgan fingerprint density at radius 1 is 1.29 bits per heavy atom. The molecule has 0 radical (unpaired) electrons. The Morgan fingerprint density at radius 3 is 2.71 bits per heavy atom. The minimum absolute atomic E-state index is 0.400. The van der Waals surface area contributed by atoms with E-state index in [1.54, 1.807) is 0 Å². The highest BCUT2D eigenvalue weighted by Gasteiger charge is 2.22. The lowest BCUT2D eigenvalue weighted by Crippen LogP contribution is -2.28. The Kier molecular flexibility index (Phi) is 6.58. The lowest BCUT2D eigenvalue weighted by atomic mass is 9.88. The van der Waals surface area contributed by atoms with Crippen LogP contribution >= 0.6 is 0 Å². The zero-order valence-corrected chi connectivity index (χ0v) is 13.7. The number of ether oxygens (including phenoxy) is 1. The third-order valence-electron chi connectivity index (χ3n) is 4.29. The minimum atomic E-state index is 0.400. The smallest absolute Gasteiger partial charge is 0.0676 e. The highest BCUT2D eigenvalue weighted by atomic mass is 16.5. The summed E-state index contributed by atoms with van der Waals surface area (Å²) in [6.45, 7) is 9.29. The second kappa shape index (κ2) is 8.44. The Balaban J connectivity index is 2.15. The van der Waals surface area contributed by atoms with Gasteiger partial charge < -0.3 is 10.1 Å². The first kappa shape index (κ1) is 16.4. The number of nitrogens with zero attached hydrogens (tertiary/aromatic N) is 2. The zero-order chi connectivity index (χ0) is 15.1. The van der Waals surface area contributed by atoms with Gasteiger partial charge in [0.15, 0.2) is 0 Å². The molecule has 2 rings (SSSR count). The van der Waals surface area contributed by atoms with Gasteiger partial charge in [-0.05, 0) is 63.1 Å². The normalized spacial score (nSPS) is 17.9. The van der Waals surface area contributed by atoms with Gasteiger partial charge in [-0.3, -0.25) is 0 Å². The number of aryl methyl sites for hydroxylation is 2. The molecule has 2 heterocycles. The maximum atomic E-state index is 5.49. The van der Waals surface area contributed by atoms with Gasteiger partial charge in [-0.25, -0.2) is 0 Å². The average Bonchev–Trinajstić information content (AvgIpc) is 2.52. The van der Waals surface area contributed by atoms with Gasteiger partial charge in [0.2, 0.25) is 0 Å². The molecule has 1 unspecified atom stereocenters. The number of nitrogens with one attached hydrogen (secondary N) is 1. The summed E-state index contributed by atoms with van der Waals surface area (Å²) in [4.78, 5) is 0. The van der Waals surface area contributed by atoms with Gasteiger partial charge in [0.05, 0.1) is 11.4 Å². The summed E-state index contributed by atoms with van der Waals surface area (Å²) in [7, 11) is 0. The number of hydrogen-bond acceptors (Lipinski definition) is 4. The van der Waals surface area contributed by atoms with Crippen molar-refractivity contribution in [2.24, 2.45) is 5.92 Å². The van der Waals surface area contributed by atoms with Crippen LogP contribution in [0, 0.1) is 12.8 Å². The van der Waals surface area contributed by atoms with Crippen LogP contribution in [0.4, 0.5) is 0 Å². The zero-order valence-electron chi connectivity index (χ0n) is 13.7. The molecule has 1 saturated heterocycles. The molecule has 0 aliphatic carbocycles. The highest BCUT2D eigenvalue weighted by molar-refractivity contribution is 5.25. The van der Waals surface area contributed by atoms with Gasteiger partial charge in [0.25, 0.3) is 0 Å². The van der Waals surface area contributed by atoms with E-state index in [4.69, 9.17) is 4.74 Å². The lowest BCUT2D eigenvalue weighted by molar-refractivity contribution is 0.0604. The summed E-state index contributed by atoms with van der Waals surface area (Å²) >= 11 is 0. The monoisotopic (exact) mass is 291 g/mol. The van der Waals surface area contributed by atoms with Crippen LogP contribution in [0.5, 0.6) is 0 Å². The van der Waals surface area contributed by atoms with Gasteiger partial charge in [0.1, 0.15) is 0 Å². The molecule has 1 N–H and O–H groups in total. The minimum Gasteiger partial charge on any atom is -0.381 e. The maximum absolute atomic E-state index is 5.49. The molecule has 0 amide bonds. The van der Waals surface area contributed by atoms with Crippen molar-refractivity contribution in [1.82, 2.24) is 15.5 Å². The van der Waals surface area contributed by atoms with Crippen LogP contribution in [0.3, 0.4) is 0 Å². The van der Waals surface area contributed by atoms with E-state index in [9.17, 15) is 0 Å². The standard InChI is InChI=1S/C17H29N3O/c1-4-8-18-17(12-14-6-9-21-10-7-14)15-11-13(3)19-20-16(15)5-2/h11,14,17-18H,4-10,12H2,1-3H3. The van der Waals surface area contributed by atoms with E-state index in [0.717, 1.165) is 49.9 Å². The van der Waals surface area contributed by atoms with Crippen molar-refractivity contribution in [1.29, 1.82) is 0 Å². The molecule has 0 spiro atoms. The first-order valence-electron chi connectivity index (χ1n) is 8.38. The number of hydrogen-bond donors (Lipinski definition) is 1. The van der Waals surface area contributed by atoms with Crippen molar-refractivity contribution >= 4 is 0 Å². The van der Waals surface area contributed by atoms with Crippen molar-refractivity contribution in [3.05, 3.63) is 23.0 Å². The van der Waals surface area contributed by atoms with E-state index in [1.165, 1.54) is 24.8 Å². The molecule has 1 aliphatic heterocycles. The predicted octanol–water partition coefficient (Wildman–Crippen LogP) is 3.20. The molecule has 4 heteroatoms. The van der Waals surface area contributed by atoms with E-state index in [0.29, 0.717) is 6.04 Å². The van der Waals surface area contributed by atoms with E-state index in [1.807, 2.05) is 6.92 Å². The van der Waals surface area contributed by atoms with Crippen LogP contribution in [0.25, 0.3) is 0 Å². The molecule has 1 aromatic heterocycles. The Morgan fingerprint density at radius 2 is 2.05 bits per heavy atom. The fourth-order valence-corrected chi connectivity index (χ4v) is 3.06. The van der Waals surface area contributed by atoms with Crippen LogP contribution < -0.4 is 5.32 Å². The summed E-state index contributed by atoms with van der Waals surface area (Å²) < 4.78 is 5.49. The van der Waals surface area contributed by atoms with E-state index >= 15 is 0 Å². The van der Waals surface area contributed by atoms with Crippen LogP contribution in [0.15, 0.2) is 6.07 Å². The highest BCUT2D eigenvalue weighted by Crippen LogP contribution is 2.29. The Hall–Kier alpha value is -1.00. The fraction of sp³-hybridized carbons (Fsp3) is 0.765. The predicted molar refractivity (Wildman–Crippen MR) is 85.3 cm³/mol. The van der Waals surface area contributed by atoms with Gasteiger partial charge in [-0.1, -0.05) is 13.8 Å². The second-order valence-corrected chi connectivity index (χ2v) is 6.04. The topological polar surface area (TPSA) is 47.0 Å². The maximum Gasteiger partial charge on any atom is 0.0676 e. The van der Waals surface area contributed by atoms with Gasteiger partial charge >= 0.3 is 0 Å². The molecular weight excluding hydrogens is 262 g/mol. The van der Waals surface area contributed by atoms with Crippen LogP contribution in [-0.4, -0.2) is 30.0 Å². The lowest BCUT2D eigenvalue weighted by Gasteiger charge is -2.28. The van der Waals surface area contributed by atoms with Crippen LogP contribution in [0.2, 0.25) is 0 Å². The molecule has 1 fully saturated rings. The third kappa shape index (κ3) is 4.75. The summed E-state index contributed by atoms with van der Waals surface area (Å²) in [5.41, 5.74) is 3.50. The molecule has 0 bridgehead atoms. The largest absolute Gasteiger partial charge is 0.381 e. The Bertz CT molecular complexity index is 430. The van der Waals surface area contributed by atoms with Gasteiger partial charge in [-0.2, -0.15) is 10.2 Å². The van der Waals surface area contributed by atoms with E-state index in [2.05, 4.69) is 35.4 Å². The molecule has 4 nitrogen and oxygen atoms in total. The molecule has 0 aromatic carbocycles. The summed E-state index contributed by atoms with van der Waals surface area (Å²) in [6, 6.07) is 2.62. The molecule has 21 heavy (non-hydrogen) atoms.